The fourth-order valence-corrected chi connectivity index (χ4v) is 2.05. The molecule has 0 saturated carbocycles. The van der Waals surface area contributed by atoms with Crippen molar-refractivity contribution in [2.24, 2.45) is 5.92 Å². The summed E-state index contributed by atoms with van der Waals surface area (Å²) in [7, 11) is 0. The Balaban J connectivity index is 2.51. The highest BCUT2D eigenvalue weighted by atomic mass is 19.1. The van der Waals surface area contributed by atoms with Gasteiger partial charge in [0, 0.05) is 12.1 Å². The van der Waals surface area contributed by atoms with Crippen molar-refractivity contribution in [2.45, 2.75) is 46.2 Å². The summed E-state index contributed by atoms with van der Waals surface area (Å²) in [5.41, 5.74) is 1.14. The van der Waals surface area contributed by atoms with E-state index in [4.69, 9.17) is 0 Å². The van der Waals surface area contributed by atoms with E-state index < -0.39 is 0 Å². The Kier molecular flexibility index (Phi) is 4.94. The molecule has 1 nitrogen and oxygen atoms in total. The van der Waals surface area contributed by atoms with Crippen molar-refractivity contribution in [1.82, 2.24) is 5.32 Å². The van der Waals surface area contributed by atoms with Gasteiger partial charge in [-0.2, -0.15) is 0 Å². The van der Waals surface area contributed by atoms with Crippen LogP contribution in [0.15, 0.2) is 24.3 Å². The first-order valence-electron chi connectivity index (χ1n) is 6.00. The van der Waals surface area contributed by atoms with Crippen molar-refractivity contribution >= 4 is 0 Å². The lowest BCUT2D eigenvalue weighted by atomic mass is 10.0. The maximum absolute atomic E-state index is 12.8. The van der Waals surface area contributed by atoms with E-state index in [1.165, 1.54) is 12.1 Å². The van der Waals surface area contributed by atoms with Crippen molar-refractivity contribution < 1.29 is 4.39 Å². The van der Waals surface area contributed by atoms with Crippen molar-refractivity contribution in [2.75, 3.05) is 0 Å². The number of halogens is 1. The van der Waals surface area contributed by atoms with Crippen LogP contribution in [0, 0.1) is 11.7 Å². The van der Waals surface area contributed by atoms with E-state index >= 15 is 0 Å². The molecule has 90 valence electrons. The van der Waals surface area contributed by atoms with Crippen LogP contribution in [0.5, 0.6) is 0 Å². The Morgan fingerprint density at radius 2 is 1.62 bits per heavy atom. The summed E-state index contributed by atoms with van der Waals surface area (Å²) < 4.78 is 12.8. The topological polar surface area (TPSA) is 12.0 Å². The molecule has 1 N–H and O–H groups in total. The molecule has 0 saturated heterocycles. The molecule has 2 heteroatoms. The molecule has 0 radical (unpaired) electrons. The normalized spacial score (nSPS) is 15.1. The van der Waals surface area contributed by atoms with Crippen LogP contribution in [0.25, 0.3) is 0 Å². The lowest BCUT2D eigenvalue weighted by molar-refractivity contribution is 0.406. The Morgan fingerprint density at radius 3 is 2.12 bits per heavy atom. The predicted molar refractivity (Wildman–Crippen MR) is 66.9 cm³/mol. The van der Waals surface area contributed by atoms with Gasteiger partial charge in [0.25, 0.3) is 0 Å². The van der Waals surface area contributed by atoms with Crippen molar-refractivity contribution in [3.63, 3.8) is 0 Å². The summed E-state index contributed by atoms with van der Waals surface area (Å²) in [6.07, 6.45) is 1.16. The van der Waals surface area contributed by atoms with Gasteiger partial charge in [-0.1, -0.05) is 26.0 Å². The lowest BCUT2D eigenvalue weighted by Crippen LogP contribution is -2.30. The van der Waals surface area contributed by atoms with Gasteiger partial charge in [0.05, 0.1) is 0 Å². The van der Waals surface area contributed by atoms with E-state index in [2.05, 4.69) is 33.0 Å². The van der Waals surface area contributed by atoms with Crippen LogP contribution in [0.1, 0.15) is 45.7 Å². The molecule has 2 atom stereocenters. The minimum absolute atomic E-state index is 0.175. The van der Waals surface area contributed by atoms with Gasteiger partial charge >= 0.3 is 0 Å². The first kappa shape index (κ1) is 13.2. The fraction of sp³-hybridized carbons (Fsp3) is 0.571. The average molecular weight is 223 g/mol. The van der Waals surface area contributed by atoms with E-state index in [0.29, 0.717) is 12.0 Å². The van der Waals surface area contributed by atoms with Crippen LogP contribution in [-0.4, -0.2) is 6.04 Å². The highest BCUT2D eigenvalue weighted by Crippen LogP contribution is 2.15. The molecule has 0 spiro atoms. The Hall–Kier alpha value is -0.890. The minimum atomic E-state index is -0.175. The average Bonchev–Trinajstić information content (AvgIpc) is 2.16. The molecule has 0 fully saturated rings. The maximum atomic E-state index is 12.8. The highest BCUT2D eigenvalue weighted by Gasteiger charge is 2.10. The van der Waals surface area contributed by atoms with Gasteiger partial charge in [-0.15, -0.1) is 0 Å². The SMILES string of the molecule is CC(C)CC(C)N[C@@H](C)c1ccc(F)cc1. The Morgan fingerprint density at radius 1 is 1.06 bits per heavy atom. The first-order chi connectivity index (χ1) is 7.49. The molecule has 1 aromatic carbocycles. The quantitative estimate of drug-likeness (QED) is 0.798. The Labute approximate surface area is 98.1 Å². The smallest absolute Gasteiger partial charge is 0.123 e. The number of rotatable bonds is 5. The van der Waals surface area contributed by atoms with E-state index in [1.54, 1.807) is 0 Å². The van der Waals surface area contributed by atoms with Crippen molar-refractivity contribution in [1.29, 1.82) is 0 Å². The van der Waals surface area contributed by atoms with Gasteiger partial charge in [-0.25, -0.2) is 4.39 Å². The summed E-state index contributed by atoms with van der Waals surface area (Å²) in [5, 5.41) is 3.52. The van der Waals surface area contributed by atoms with E-state index in [-0.39, 0.29) is 11.9 Å². The van der Waals surface area contributed by atoms with Crippen LogP contribution in [0.3, 0.4) is 0 Å². The summed E-state index contributed by atoms with van der Waals surface area (Å²) in [4.78, 5) is 0. The molecule has 1 rings (SSSR count). The number of hydrogen-bond donors (Lipinski definition) is 1. The second-order valence-corrected chi connectivity index (χ2v) is 4.97. The molecule has 0 aliphatic rings. The molecule has 0 aliphatic carbocycles. The second kappa shape index (κ2) is 6.00. The van der Waals surface area contributed by atoms with Crippen molar-refractivity contribution in [3.05, 3.63) is 35.6 Å². The summed E-state index contributed by atoms with van der Waals surface area (Å²) in [5.74, 6) is 0.522. The van der Waals surface area contributed by atoms with Crippen LogP contribution in [0.2, 0.25) is 0 Å². The molecule has 0 aliphatic heterocycles. The first-order valence-corrected chi connectivity index (χ1v) is 6.00. The van der Waals surface area contributed by atoms with Gasteiger partial charge in [0.1, 0.15) is 5.82 Å². The van der Waals surface area contributed by atoms with Crippen LogP contribution in [-0.2, 0) is 0 Å². The van der Waals surface area contributed by atoms with Crippen LogP contribution in [0.4, 0.5) is 4.39 Å². The second-order valence-electron chi connectivity index (χ2n) is 4.97. The monoisotopic (exact) mass is 223 g/mol. The number of benzene rings is 1. The molecule has 1 unspecified atom stereocenters. The van der Waals surface area contributed by atoms with Gasteiger partial charge in [0.2, 0.25) is 0 Å². The van der Waals surface area contributed by atoms with Gasteiger partial charge < -0.3 is 5.32 Å². The molecule has 0 amide bonds. The predicted octanol–water partition coefficient (Wildman–Crippen LogP) is 3.91. The lowest BCUT2D eigenvalue weighted by Gasteiger charge is -2.21. The van der Waals surface area contributed by atoms with E-state index in [9.17, 15) is 4.39 Å². The Bertz CT molecular complexity index is 305. The van der Waals surface area contributed by atoms with E-state index in [1.807, 2.05) is 12.1 Å². The summed E-state index contributed by atoms with van der Waals surface area (Å²) >= 11 is 0. The number of nitrogens with one attached hydrogen (secondary N) is 1. The molecular formula is C14H22FN. The van der Waals surface area contributed by atoms with Crippen LogP contribution >= 0.6 is 0 Å². The highest BCUT2D eigenvalue weighted by molar-refractivity contribution is 5.19. The third-order valence-electron chi connectivity index (χ3n) is 2.73. The standard InChI is InChI=1S/C14H22FN/c1-10(2)9-11(3)16-12(4)13-5-7-14(15)8-6-13/h5-8,10-12,16H,9H2,1-4H3/t11?,12-/m0/s1. The van der Waals surface area contributed by atoms with Crippen LogP contribution < -0.4 is 5.32 Å². The molecule has 0 bridgehead atoms. The van der Waals surface area contributed by atoms with Crippen molar-refractivity contribution in [3.8, 4) is 0 Å². The molecule has 16 heavy (non-hydrogen) atoms. The van der Waals surface area contributed by atoms with Gasteiger partial charge in [0.15, 0.2) is 0 Å². The maximum Gasteiger partial charge on any atom is 0.123 e. The van der Waals surface area contributed by atoms with Gasteiger partial charge in [-0.3, -0.25) is 0 Å². The largest absolute Gasteiger partial charge is 0.308 e. The zero-order chi connectivity index (χ0) is 12.1. The van der Waals surface area contributed by atoms with E-state index in [0.717, 1.165) is 12.0 Å². The fourth-order valence-electron chi connectivity index (χ4n) is 2.05. The number of hydrogen-bond acceptors (Lipinski definition) is 1. The molecule has 0 heterocycles. The molecular weight excluding hydrogens is 201 g/mol. The zero-order valence-electron chi connectivity index (χ0n) is 10.6. The summed E-state index contributed by atoms with van der Waals surface area (Å²) in [6.45, 7) is 8.76. The molecule has 1 aromatic rings. The molecule has 0 aromatic heterocycles. The summed E-state index contributed by atoms with van der Waals surface area (Å²) in [6, 6.07) is 7.47. The zero-order valence-corrected chi connectivity index (χ0v) is 10.6. The minimum Gasteiger partial charge on any atom is -0.308 e. The third-order valence-corrected chi connectivity index (χ3v) is 2.73. The third kappa shape index (κ3) is 4.31. The van der Waals surface area contributed by atoms with Gasteiger partial charge in [-0.05, 0) is 43.9 Å².